The molecule has 0 aliphatic carbocycles. The number of carbonyl (C=O) groups is 1. The van der Waals surface area contributed by atoms with Crippen molar-refractivity contribution in [2.24, 2.45) is 7.05 Å². The van der Waals surface area contributed by atoms with E-state index in [1.54, 1.807) is 6.33 Å². The Kier molecular flexibility index (Phi) is 2.37. The zero-order chi connectivity index (χ0) is 10.8. The fraction of sp³-hybridized carbons (Fsp3) is 0.167. The molecule has 0 saturated heterocycles. The van der Waals surface area contributed by atoms with Gasteiger partial charge in [-0.2, -0.15) is 0 Å². The Labute approximate surface area is 88.4 Å². The molecule has 3 heteroatoms. The van der Waals surface area contributed by atoms with Gasteiger partial charge in [0.2, 0.25) is 0 Å². The molecule has 2 rings (SSSR count). The predicted molar refractivity (Wildman–Crippen MR) is 58.8 cm³/mol. The maximum absolute atomic E-state index is 10.7. The zero-order valence-electron chi connectivity index (χ0n) is 8.77. The van der Waals surface area contributed by atoms with Crippen molar-refractivity contribution in [3.05, 3.63) is 41.9 Å². The number of carbonyl (C=O) groups excluding carboxylic acids is 1. The van der Waals surface area contributed by atoms with Crippen LogP contribution in [0.5, 0.6) is 0 Å². The predicted octanol–water partition coefficient (Wildman–Crippen LogP) is 2.21. The van der Waals surface area contributed by atoms with Gasteiger partial charge in [-0.15, -0.1) is 0 Å². The van der Waals surface area contributed by atoms with Crippen LogP contribution >= 0.6 is 0 Å². The molecule has 3 nitrogen and oxygen atoms in total. The van der Waals surface area contributed by atoms with Crippen LogP contribution in [0.2, 0.25) is 0 Å². The van der Waals surface area contributed by atoms with Crippen LogP contribution in [0.25, 0.3) is 11.3 Å². The first kappa shape index (κ1) is 9.65. The van der Waals surface area contributed by atoms with Crippen LogP contribution in [0.15, 0.2) is 30.7 Å². The van der Waals surface area contributed by atoms with Gasteiger partial charge in [-0.05, 0) is 18.6 Å². The highest BCUT2D eigenvalue weighted by Gasteiger charge is 2.04. The monoisotopic (exact) mass is 200 g/mol. The largest absolute Gasteiger partial charge is 0.334 e. The third-order valence-electron chi connectivity index (χ3n) is 2.51. The van der Waals surface area contributed by atoms with Gasteiger partial charge in [0.1, 0.15) is 6.29 Å². The van der Waals surface area contributed by atoms with Gasteiger partial charge in [0, 0.05) is 18.2 Å². The third-order valence-corrected chi connectivity index (χ3v) is 2.51. The second kappa shape index (κ2) is 3.69. The van der Waals surface area contributed by atoms with Crippen molar-refractivity contribution >= 4 is 6.29 Å². The maximum Gasteiger partial charge on any atom is 0.150 e. The van der Waals surface area contributed by atoms with E-state index in [0.29, 0.717) is 0 Å². The summed E-state index contributed by atoms with van der Waals surface area (Å²) < 4.78 is 1.95. The Morgan fingerprint density at radius 1 is 1.40 bits per heavy atom. The third kappa shape index (κ3) is 1.68. The molecule has 0 aliphatic rings. The molecule has 1 aromatic carbocycles. The summed E-state index contributed by atoms with van der Waals surface area (Å²) in [7, 11) is 1.95. The minimum Gasteiger partial charge on any atom is -0.334 e. The maximum atomic E-state index is 10.7. The summed E-state index contributed by atoms with van der Waals surface area (Å²) in [6.45, 7) is 1.93. The number of benzene rings is 1. The normalized spacial score (nSPS) is 10.3. The minimum absolute atomic E-state index is 0.737. The van der Waals surface area contributed by atoms with Crippen molar-refractivity contribution in [3.63, 3.8) is 0 Å². The molecule has 0 unspecified atom stereocenters. The highest BCUT2D eigenvalue weighted by molar-refractivity contribution is 5.79. The van der Waals surface area contributed by atoms with Crippen LogP contribution in [0.4, 0.5) is 0 Å². The van der Waals surface area contributed by atoms with Gasteiger partial charge in [-0.25, -0.2) is 4.98 Å². The second-order valence-corrected chi connectivity index (χ2v) is 3.58. The number of aromatic nitrogens is 2. The molecule has 0 saturated carbocycles. The molecule has 0 amide bonds. The lowest BCUT2D eigenvalue weighted by molar-refractivity contribution is 0.112. The molecule has 0 radical (unpaired) electrons. The number of hydrogen-bond donors (Lipinski definition) is 0. The summed E-state index contributed by atoms with van der Waals surface area (Å²) >= 11 is 0. The number of nitrogens with zero attached hydrogens (tertiary/aromatic N) is 2. The van der Waals surface area contributed by atoms with E-state index in [-0.39, 0.29) is 0 Å². The van der Waals surface area contributed by atoms with Crippen LogP contribution in [-0.4, -0.2) is 15.8 Å². The summed E-state index contributed by atoms with van der Waals surface area (Å²) in [5.74, 6) is 0. The van der Waals surface area contributed by atoms with Gasteiger partial charge in [-0.3, -0.25) is 4.79 Å². The summed E-state index contributed by atoms with van der Waals surface area (Å²) in [4.78, 5) is 14.7. The average molecular weight is 200 g/mol. The van der Waals surface area contributed by atoms with E-state index in [1.807, 2.05) is 42.9 Å². The lowest BCUT2D eigenvalue weighted by Crippen LogP contribution is -1.92. The first-order chi connectivity index (χ1) is 7.22. The molecular formula is C12H12N2O. The van der Waals surface area contributed by atoms with E-state index in [0.717, 1.165) is 28.7 Å². The standard InChI is InChI=1S/C12H12N2O/c1-9-5-10(3-4-11(9)7-15)12-6-13-8-14(12)2/h3-8H,1-2H3. The van der Waals surface area contributed by atoms with E-state index in [4.69, 9.17) is 0 Å². The Morgan fingerprint density at radius 3 is 2.73 bits per heavy atom. The summed E-state index contributed by atoms with van der Waals surface area (Å²) in [6, 6.07) is 5.78. The van der Waals surface area contributed by atoms with E-state index in [1.165, 1.54) is 0 Å². The molecule has 15 heavy (non-hydrogen) atoms. The second-order valence-electron chi connectivity index (χ2n) is 3.58. The number of aryl methyl sites for hydroxylation is 2. The summed E-state index contributed by atoms with van der Waals surface area (Å²) in [5, 5.41) is 0. The van der Waals surface area contributed by atoms with Gasteiger partial charge in [0.25, 0.3) is 0 Å². The Hall–Kier alpha value is -1.90. The van der Waals surface area contributed by atoms with Gasteiger partial charge in [0.05, 0.1) is 18.2 Å². The lowest BCUT2D eigenvalue weighted by atomic mass is 10.0. The van der Waals surface area contributed by atoms with Crippen LogP contribution in [-0.2, 0) is 7.05 Å². The number of hydrogen-bond acceptors (Lipinski definition) is 2. The first-order valence-electron chi connectivity index (χ1n) is 4.75. The van der Waals surface area contributed by atoms with Gasteiger partial charge >= 0.3 is 0 Å². The molecule has 76 valence electrons. The molecule has 0 fully saturated rings. The molecular weight excluding hydrogens is 188 g/mol. The van der Waals surface area contributed by atoms with Crippen molar-refractivity contribution in [1.29, 1.82) is 0 Å². The summed E-state index contributed by atoms with van der Waals surface area (Å²) in [6.07, 6.45) is 4.45. The summed E-state index contributed by atoms with van der Waals surface area (Å²) in [5.41, 5.74) is 3.86. The minimum atomic E-state index is 0.737. The van der Waals surface area contributed by atoms with Crippen LogP contribution in [0.3, 0.4) is 0 Å². The lowest BCUT2D eigenvalue weighted by Gasteiger charge is -2.04. The number of imidazole rings is 1. The van der Waals surface area contributed by atoms with Gasteiger partial charge < -0.3 is 4.57 Å². The van der Waals surface area contributed by atoms with Gasteiger partial charge in [-0.1, -0.05) is 12.1 Å². The van der Waals surface area contributed by atoms with E-state index in [2.05, 4.69) is 4.98 Å². The van der Waals surface area contributed by atoms with Crippen molar-refractivity contribution in [1.82, 2.24) is 9.55 Å². The average Bonchev–Trinajstić information content (AvgIpc) is 2.64. The number of aldehydes is 1. The van der Waals surface area contributed by atoms with Crippen molar-refractivity contribution in [3.8, 4) is 11.3 Å². The molecule has 0 atom stereocenters. The fourth-order valence-electron chi connectivity index (χ4n) is 1.60. The van der Waals surface area contributed by atoms with Crippen LogP contribution in [0, 0.1) is 6.92 Å². The highest BCUT2D eigenvalue weighted by Crippen LogP contribution is 2.20. The van der Waals surface area contributed by atoms with Crippen molar-refractivity contribution < 1.29 is 4.79 Å². The highest BCUT2D eigenvalue weighted by atomic mass is 16.1. The number of rotatable bonds is 2. The molecule has 0 aliphatic heterocycles. The van der Waals surface area contributed by atoms with Crippen molar-refractivity contribution in [2.75, 3.05) is 0 Å². The van der Waals surface area contributed by atoms with Crippen LogP contribution < -0.4 is 0 Å². The molecule has 0 N–H and O–H groups in total. The zero-order valence-corrected chi connectivity index (χ0v) is 8.77. The van der Waals surface area contributed by atoms with Crippen LogP contribution in [0.1, 0.15) is 15.9 Å². The Morgan fingerprint density at radius 2 is 2.20 bits per heavy atom. The Balaban J connectivity index is 2.52. The molecule has 0 bridgehead atoms. The molecule has 1 heterocycles. The molecule has 0 spiro atoms. The van der Waals surface area contributed by atoms with Gasteiger partial charge in [0.15, 0.2) is 0 Å². The van der Waals surface area contributed by atoms with E-state index < -0.39 is 0 Å². The quantitative estimate of drug-likeness (QED) is 0.696. The van der Waals surface area contributed by atoms with E-state index in [9.17, 15) is 4.79 Å². The topological polar surface area (TPSA) is 34.9 Å². The fourth-order valence-corrected chi connectivity index (χ4v) is 1.60. The molecule has 2 aromatic rings. The van der Waals surface area contributed by atoms with Crippen molar-refractivity contribution in [2.45, 2.75) is 6.92 Å². The first-order valence-corrected chi connectivity index (χ1v) is 4.75. The smallest absolute Gasteiger partial charge is 0.150 e. The Bertz CT molecular complexity index is 500. The molecule has 1 aromatic heterocycles. The van der Waals surface area contributed by atoms with E-state index >= 15 is 0 Å². The SMILES string of the molecule is Cc1cc(-c2cncn2C)ccc1C=O.